The van der Waals surface area contributed by atoms with Crippen molar-refractivity contribution >= 4 is 41.5 Å². The van der Waals surface area contributed by atoms with Crippen molar-refractivity contribution in [2.45, 2.75) is 51.5 Å². The molecule has 0 aliphatic heterocycles. The Bertz CT molecular complexity index is 634. The minimum absolute atomic E-state index is 0. The number of carbonyl (C=O) groups excluding carboxylic acids is 1. The van der Waals surface area contributed by atoms with Crippen LogP contribution in [-0.2, 0) is 4.79 Å². The van der Waals surface area contributed by atoms with Crippen LogP contribution in [-0.4, -0.2) is 45.2 Å². The number of rotatable bonds is 8. The van der Waals surface area contributed by atoms with E-state index in [1.165, 1.54) is 19.3 Å². The number of methoxy groups -OCH3 is 2. The van der Waals surface area contributed by atoms with Crippen molar-refractivity contribution in [3.63, 3.8) is 0 Å². The minimum Gasteiger partial charge on any atom is -0.493 e. The molecule has 8 heteroatoms. The number of amides is 1. The summed E-state index contributed by atoms with van der Waals surface area (Å²) in [5.41, 5.74) is 0.832. The second-order valence-corrected chi connectivity index (χ2v) is 6.61. The van der Waals surface area contributed by atoms with Gasteiger partial charge in [0, 0.05) is 30.8 Å². The van der Waals surface area contributed by atoms with Crippen molar-refractivity contribution in [2.24, 2.45) is 4.99 Å². The summed E-state index contributed by atoms with van der Waals surface area (Å²) in [6.07, 6.45) is 6.28. The van der Waals surface area contributed by atoms with Gasteiger partial charge in [-0.1, -0.05) is 19.3 Å². The maximum atomic E-state index is 12.1. The molecule has 0 heterocycles. The highest BCUT2D eigenvalue weighted by molar-refractivity contribution is 14.0. The van der Waals surface area contributed by atoms with Crippen LogP contribution in [0.5, 0.6) is 11.5 Å². The van der Waals surface area contributed by atoms with E-state index in [0.29, 0.717) is 36.5 Å². The van der Waals surface area contributed by atoms with E-state index in [1.54, 1.807) is 14.2 Å². The quantitative estimate of drug-likeness (QED) is 0.287. The molecule has 2 rings (SSSR count). The number of anilines is 1. The number of nitrogens with one attached hydrogen (secondary N) is 3. The molecule has 0 bridgehead atoms. The fourth-order valence-corrected chi connectivity index (χ4v) is 3.17. The molecule has 0 atom stereocenters. The highest BCUT2D eigenvalue weighted by atomic mass is 127. The van der Waals surface area contributed by atoms with Crippen LogP contribution in [0, 0.1) is 0 Å². The lowest BCUT2D eigenvalue weighted by Gasteiger charge is -2.22. The van der Waals surface area contributed by atoms with E-state index in [1.807, 2.05) is 25.1 Å². The largest absolute Gasteiger partial charge is 0.493 e. The predicted octanol–water partition coefficient (Wildman–Crippen LogP) is 3.54. The highest BCUT2D eigenvalue weighted by Crippen LogP contribution is 2.29. The molecular formula is C20H33IN4O3. The summed E-state index contributed by atoms with van der Waals surface area (Å²) in [6, 6.07) is 5.92. The van der Waals surface area contributed by atoms with Crippen molar-refractivity contribution in [3.05, 3.63) is 18.2 Å². The average molecular weight is 504 g/mol. The second-order valence-electron chi connectivity index (χ2n) is 6.61. The Hall–Kier alpha value is -1.71. The summed E-state index contributed by atoms with van der Waals surface area (Å²) in [7, 11) is 3.21. The van der Waals surface area contributed by atoms with E-state index in [0.717, 1.165) is 25.1 Å². The van der Waals surface area contributed by atoms with Gasteiger partial charge in [-0.2, -0.15) is 0 Å². The van der Waals surface area contributed by atoms with Crippen molar-refractivity contribution in [3.8, 4) is 11.5 Å². The predicted molar refractivity (Wildman–Crippen MR) is 124 cm³/mol. The van der Waals surface area contributed by atoms with Crippen LogP contribution in [0.25, 0.3) is 0 Å². The van der Waals surface area contributed by atoms with Crippen molar-refractivity contribution in [2.75, 3.05) is 32.6 Å². The van der Waals surface area contributed by atoms with E-state index in [2.05, 4.69) is 20.9 Å². The topological polar surface area (TPSA) is 84.0 Å². The van der Waals surface area contributed by atoms with Gasteiger partial charge in [0.05, 0.1) is 20.8 Å². The van der Waals surface area contributed by atoms with E-state index in [-0.39, 0.29) is 29.9 Å². The Morgan fingerprint density at radius 1 is 1.14 bits per heavy atom. The molecule has 1 fully saturated rings. The summed E-state index contributed by atoms with van der Waals surface area (Å²) >= 11 is 0. The van der Waals surface area contributed by atoms with Crippen molar-refractivity contribution < 1.29 is 14.3 Å². The number of halogens is 1. The van der Waals surface area contributed by atoms with Crippen molar-refractivity contribution in [1.29, 1.82) is 0 Å². The first-order chi connectivity index (χ1) is 13.2. The Kier molecular flexibility index (Phi) is 11.7. The molecule has 0 spiro atoms. The SMILES string of the molecule is CCNC(=NCCC(=O)NC1CCCCC1)Nc1ccc(OC)c(OC)c1.I. The third-order valence-corrected chi connectivity index (χ3v) is 4.57. The van der Waals surface area contributed by atoms with Crippen LogP contribution >= 0.6 is 24.0 Å². The summed E-state index contributed by atoms with van der Waals surface area (Å²) in [6.45, 7) is 3.16. The number of carbonyl (C=O) groups is 1. The average Bonchev–Trinajstić information content (AvgIpc) is 2.68. The van der Waals surface area contributed by atoms with E-state index in [4.69, 9.17) is 9.47 Å². The first kappa shape index (κ1) is 24.3. The van der Waals surface area contributed by atoms with Gasteiger partial charge in [0.2, 0.25) is 5.91 Å². The molecule has 1 aromatic rings. The van der Waals surface area contributed by atoms with Gasteiger partial charge >= 0.3 is 0 Å². The molecule has 1 amide bonds. The lowest BCUT2D eigenvalue weighted by molar-refractivity contribution is -0.121. The van der Waals surface area contributed by atoms with Gasteiger partial charge < -0.3 is 25.4 Å². The van der Waals surface area contributed by atoms with Crippen LogP contribution < -0.4 is 25.4 Å². The van der Waals surface area contributed by atoms with Gasteiger partial charge in [-0.25, -0.2) is 0 Å². The molecule has 0 radical (unpaired) electrons. The zero-order chi connectivity index (χ0) is 19.5. The van der Waals surface area contributed by atoms with E-state index in [9.17, 15) is 4.79 Å². The Morgan fingerprint density at radius 2 is 1.86 bits per heavy atom. The third-order valence-electron chi connectivity index (χ3n) is 4.57. The summed E-state index contributed by atoms with van der Waals surface area (Å²) in [5, 5.41) is 9.54. The Balaban J connectivity index is 0.00000392. The lowest BCUT2D eigenvalue weighted by Crippen LogP contribution is -2.36. The summed E-state index contributed by atoms with van der Waals surface area (Å²) < 4.78 is 10.6. The molecule has 1 saturated carbocycles. The van der Waals surface area contributed by atoms with Crippen LogP contribution in [0.3, 0.4) is 0 Å². The molecular weight excluding hydrogens is 471 g/mol. The van der Waals surface area contributed by atoms with E-state index >= 15 is 0 Å². The van der Waals surface area contributed by atoms with Crippen LogP contribution in [0.1, 0.15) is 45.4 Å². The Labute approximate surface area is 185 Å². The fraction of sp³-hybridized carbons (Fsp3) is 0.600. The molecule has 1 aromatic carbocycles. The number of benzene rings is 1. The molecule has 1 aliphatic rings. The molecule has 3 N–H and O–H groups in total. The van der Waals surface area contributed by atoms with Gasteiger partial charge in [-0.3, -0.25) is 9.79 Å². The molecule has 158 valence electrons. The maximum Gasteiger partial charge on any atom is 0.222 e. The lowest BCUT2D eigenvalue weighted by atomic mass is 9.95. The van der Waals surface area contributed by atoms with Crippen LogP contribution in [0.15, 0.2) is 23.2 Å². The van der Waals surface area contributed by atoms with Crippen molar-refractivity contribution in [1.82, 2.24) is 10.6 Å². The molecule has 7 nitrogen and oxygen atoms in total. The number of ether oxygens (including phenoxy) is 2. The molecule has 1 aliphatic carbocycles. The van der Waals surface area contributed by atoms with E-state index < -0.39 is 0 Å². The summed E-state index contributed by atoms with van der Waals surface area (Å²) in [5.74, 6) is 2.03. The smallest absolute Gasteiger partial charge is 0.222 e. The fourth-order valence-electron chi connectivity index (χ4n) is 3.17. The number of aliphatic imine (C=N–C) groups is 1. The zero-order valence-electron chi connectivity index (χ0n) is 17.0. The number of guanidine groups is 1. The first-order valence-corrected chi connectivity index (χ1v) is 9.73. The number of hydrogen-bond acceptors (Lipinski definition) is 4. The zero-order valence-corrected chi connectivity index (χ0v) is 19.4. The molecule has 28 heavy (non-hydrogen) atoms. The molecule has 0 saturated heterocycles. The van der Waals surface area contributed by atoms with Gasteiger partial charge in [-0.15, -0.1) is 24.0 Å². The standard InChI is InChI=1S/C20H32N4O3.HI/c1-4-21-20(24-16-10-11-17(26-2)18(14-16)27-3)22-13-12-19(25)23-15-8-6-5-7-9-15;/h10-11,14-15H,4-9,12-13H2,1-3H3,(H,23,25)(H2,21,22,24);1H. The van der Waals surface area contributed by atoms with Crippen LogP contribution in [0.2, 0.25) is 0 Å². The van der Waals surface area contributed by atoms with Gasteiger partial charge in [-0.05, 0) is 31.9 Å². The Morgan fingerprint density at radius 3 is 2.50 bits per heavy atom. The van der Waals surface area contributed by atoms with Gasteiger partial charge in [0.25, 0.3) is 0 Å². The summed E-state index contributed by atoms with van der Waals surface area (Å²) in [4.78, 5) is 16.6. The molecule has 0 aromatic heterocycles. The monoisotopic (exact) mass is 504 g/mol. The number of hydrogen-bond donors (Lipinski definition) is 3. The van der Waals surface area contributed by atoms with Gasteiger partial charge in [0.1, 0.15) is 0 Å². The second kappa shape index (κ2) is 13.5. The number of nitrogens with zero attached hydrogens (tertiary/aromatic N) is 1. The normalized spacial score (nSPS) is 14.6. The van der Waals surface area contributed by atoms with Crippen LogP contribution in [0.4, 0.5) is 5.69 Å². The third kappa shape index (κ3) is 8.12. The maximum absolute atomic E-state index is 12.1. The van der Waals surface area contributed by atoms with Gasteiger partial charge in [0.15, 0.2) is 17.5 Å². The highest BCUT2D eigenvalue weighted by Gasteiger charge is 2.15. The minimum atomic E-state index is 0. The first-order valence-electron chi connectivity index (χ1n) is 9.73. The molecule has 0 unspecified atom stereocenters.